The first-order chi connectivity index (χ1) is 5.70. The van der Waals surface area contributed by atoms with Crippen LogP contribution in [0.5, 0.6) is 0 Å². The molecule has 0 aromatic carbocycles. The highest BCUT2D eigenvalue weighted by Gasteiger charge is 2.08. The Bertz CT molecular complexity index is 112. The lowest BCUT2D eigenvalue weighted by Gasteiger charge is -2.14. The molecule has 0 fully saturated rings. The van der Waals surface area contributed by atoms with Gasteiger partial charge in [0.25, 0.3) is 0 Å². The van der Waals surface area contributed by atoms with Gasteiger partial charge in [0.15, 0.2) is 0 Å². The molecule has 2 heteroatoms. The predicted molar refractivity (Wildman–Crippen MR) is 49.5 cm³/mol. The maximum absolute atomic E-state index is 9.86. The summed E-state index contributed by atoms with van der Waals surface area (Å²) in [5, 5.41) is 0. The van der Waals surface area contributed by atoms with Crippen LogP contribution in [0.15, 0.2) is 0 Å². The van der Waals surface area contributed by atoms with Gasteiger partial charge >= 0.3 is 6.47 Å². The van der Waals surface area contributed by atoms with Gasteiger partial charge in [0, 0.05) is 0 Å². The van der Waals surface area contributed by atoms with Crippen LogP contribution >= 0.6 is 0 Å². The van der Waals surface area contributed by atoms with E-state index < -0.39 is 0 Å². The Morgan fingerprint density at radius 2 is 2.08 bits per heavy atom. The molecule has 2 unspecified atom stereocenters. The van der Waals surface area contributed by atoms with Crippen molar-refractivity contribution in [1.29, 1.82) is 0 Å². The van der Waals surface area contributed by atoms with Gasteiger partial charge in [-0.15, -0.1) is 0 Å². The van der Waals surface area contributed by atoms with E-state index >= 15 is 0 Å². The topological polar surface area (TPSA) is 26.3 Å². The van der Waals surface area contributed by atoms with Crippen LogP contribution in [0.2, 0.25) is 0 Å². The van der Waals surface area contributed by atoms with Crippen molar-refractivity contribution in [1.82, 2.24) is 0 Å². The second-order valence-electron chi connectivity index (χ2n) is 3.49. The fraction of sp³-hybridized carbons (Fsp3) is 0.900. The van der Waals surface area contributed by atoms with E-state index in [1.54, 1.807) is 0 Å². The Morgan fingerprint density at radius 1 is 1.42 bits per heavy atom. The molecular weight excluding hydrogens is 152 g/mol. The zero-order valence-electron chi connectivity index (χ0n) is 8.30. The first-order valence-electron chi connectivity index (χ1n) is 4.73. The predicted octanol–water partition coefficient (Wildman–Crippen LogP) is 2.68. The summed E-state index contributed by atoms with van der Waals surface area (Å²) in [7, 11) is 0. The zero-order chi connectivity index (χ0) is 9.40. The molecule has 0 N–H and O–H groups in total. The van der Waals surface area contributed by atoms with Gasteiger partial charge in [-0.25, -0.2) is 4.79 Å². The SMILES string of the molecule is CCCCC(C)CC(C)O[C]=O. The van der Waals surface area contributed by atoms with Crippen molar-refractivity contribution in [3.8, 4) is 0 Å². The van der Waals surface area contributed by atoms with Gasteiger partial charge in [-0.1, -0.05) is 33.1 Å². The number of unbranched alkanes of at least 4 members (excludes halogenated alkanes) is 1. The Balaban J connectivity index is 3.39. The highest BCUT2D eigenvalue weighted by Crippen LogP contribution is 2.14. The molecule has 0 rings (SSSR count). The molecule has 1 radical (unpaired) electrons. The molecule has 0 aliphatic carbocycles. The average Bonchev–Trinajstić information content (AvgIpc) is 2.01. The van der Waals surface area contributed by atoms with Crippen LogP contribution in [0.25, 0.3) is 0 Å². The summed E-state index contributed by atoms with van der Waals surface area (Å²) in [4.78, 5) is 9.86. The van der Waals surface area contributed by atoms with E-state index in [1.807, 2.05) is 6.92 Å². The highest BCUT2D eigenvalue weighted by molar-refractivity contribution is 5.38. The Morgan fingerprint density at radius 3 is 2.58 bits per heavy atom. The van der Waals surface area contributed by atoms with Crippen molar-refractivity contribution in [3.05, 3.63) is 0 Å². The quantitative estimate of drug-likeness (QED) is 0.588. The first kappa shape index (κ1) is 11.5. The lowest BCUT2D eigenvalue weighted by molar-refractivity contribution is 0.163. The Labute approximate surface area is 75.3 Å². The number of carbonyl (C=O) groups excluding carboxylic acids is 1. The summed E-state index contributed by atoms with van der Waals surface area (Å²) in [5.41, 5.74) is 0. The van der Waals surface area contributed by atoms with Crippen molar-refractivity contribution in [2.75, 3.05) is 0 Å². The molecule has 2 nitrogen and oxygen atoms in total. The van der Waals surface area contributed by atoms with E-state index in [0.717, 1.165) is 6.42 Å². The smallest absolute Gasteiger partial charge is 0.417 e. The Kier molecular flexibility index (Phi) is 6.82. The van der Waals surface area contributed by atoms with Gasteiger partial charge in [-0.2, -0.15) is 0 Å². The molecule has 0 aromatic rings. The van der Waals surface area contributed by atoms with Crippen molar-refractivity contribution in [3.63, 3.8) is 0 Å². The number of hydrogen-bond donors (Lipinski definition) is 0. The maximum Gasteiger partial charge on any atom is 0.417 e. The van der Waals surface area contributed by atoms with Crippen molar-refractivity contribution in [2.24, 2.45) is 5.92 Å². The molecule has 0 bridgehead atoms. The third-order valence-corrected chi connectivity index (χ3v) is 2.03. The van der Waals surface area contributed by atoms with Crippen LogP contribution < -0.4 is 0 Å². The second-order valence-corrected chi connectivity index (χ2v) is 3.49. The van der Waals surface area contributed by atoms with E-state index in [1.165, 1.54) is 25.7 Å². The molecule has 0 saturated heterocycles. The minimum Gasteiger partial charge on any atom is -0.454 e. The third kappa shape index (κ3) is 6.20. The minimum atomic E-state index is 0.0226. The van der Waals surface area contributed by atoms with Crippen LogP contribution in [-0.4, -0.2) is 12.6 Å². The van der Waals surface area contributed by atoms with Gasteiger partial charge in [0.05, 0.1) is 6.10 Å². The second kappa shape index (κ2) is 7.14. The summed E-state index contributed by atoms with van der Waals surface area (Å²) in [6.45, 7) is 7.77. The van der Waals surface area contributed by atoms with Crippen LogP contribution in [0, 0.1) is 5.92 Å². The summed E-state index contributed by atoms with van der Waals surface area (Å²) in [5.74, 6) is 0.647. The molecule has 0 saturated carbocycles. The molecule has 0 amide bonds. The summed E-state index contributed by atoms with van der Waals surface area (Å²) in [6.07, 6.45) is 4.70. The normalized spacial score (nSPS) is 15.2. The molecule has 12 heavy (non-hydrogen) atoms. The number of rotatable bonds is 7. The summed E-state index contributed by atoms with van der Waals surface area (Å²) in [6, 6.07) is 0. The lowest BCUT2D eigenvalue weighted by atomic mass is 9.98. The van der Waals surface area contributed by atoms with Crippen molar-refractivity contribution in [2.45, 2.75) is 52.6 Å². The van der Waals surface area contributed by atoms with E-state index in [-0.39, 0.29) is 6.10 Å². The minimum absolute atomic E-state index is 0.0226. The summed E-state index contributed by atoms with van der Waals surface area (Å²) < 4.78 is 4.69. The molecular formula is C10H19O2. The monoisotopic (exact) mass is 171 g/mol. The van der Waals surface area contributed by atoms with Crippen molar-refractivity contribution < 1.29 is 9.53 Å². The molecule has 2 atom stereocenters. The molecule has 0 heterocycles. The fourth-order valence-electron chi connectivity index (χ4n) is 1.37. The first-order valence-corrected chi connectivity index (χ1v) is 4.73. The maximum atomic E-state index is 9.86. The third-order valence-electron chi connectivity index (χ3n) is 2.03. The zero-order valence-corrected chi connectivity index (χ0v) is 8.30. The standard InChI is InChI=1S/C10H19O2/c1-4-5-6-9(2)7-10(3)12-8-11/h9-10H,4-7H2,1-3H3. The van der Waals surface area contributed by atoms with E-state index in [2.05, 4.69) is 18.6 Å². The van der Waals surface area contributed by atoms with E-state index in [4.69, 9.17) is 0 Å². The van der Waals surface area contributed by atoms with Crippen LogP contribution in [0.4, 0.5) is 0 Å². The molecule has 71 valence electrons. The van der Waals surface area contributed by atoms with Gasteiger partial charge in [-0.05, 0) is 19.3 Å². The van der Waals surface area contributed by atoms with E-state index in [0.29, 0.717) is 5.92 Å². The van der Waals surface area contributed by atoms with Gasteiger partial charge in [0.1, 0.15) is 0 Å². The fourth-order valence-corrected chi connectivity index (χ4v) is 1.37. The van der Waals surface area contributed by atoms with Gasteiger partial charge in [-0.3, -0.25) is 0 Å². The van der Waals surface area contributed by atoms with Crippen LogP contribution in [0.1, 0.15) is 46.5 Å². The molecule has 0 aromatic heterocycles. The van der Waals surface area contributed by atoms with Crippen molar-refractivity contribution >= 4 is 6.47 Å². The lowest BCUT2D eigenvalue weighted by Crippen LogP contribution is -2.11. The molecule has 0 aliphatic rings. The van der Waals surface area contributed by atoms with Gasteiger partial charge < -0.3 is 4.74 Å². The molecule has 0 spiro atoms. The average molecular weight is 171 g/mol. The number of ether oxygens (including phenoxy) is 1. The van der Waals surface area contributed by atoms with Gasteiger partial charge in [0.2, 0.25) is 0 Å². The van der Waals surface area contributed by atoms with Crippen LogP contribution in [-0.2, 0) is 9.53 Å². The number of hydrogen-bond acceptors (Lipinski definition) is 2. The molecule has 0 aliphatic heterocycles. The summed E-state index contributed by atoms with van der Waals surface area (Å²) >= 11 is 0. The van der Waals surface area contributed by atoms with Crippen LogP contribution in [0.3, 0.4) is 0 Å². The largest absolute Gasteiger partial charge is 0.454 e. The highest BCUT2D eigenvalue weighted by atomic mass is 16.5. The Hall–Kier alpha value is -0.530. The van der Waals surface area contributed by atoms with E-state index in [9.17, 15) is 4.79 Å².